The molecule has 1 unspecified atom stereocenters. The number of hydrogen-bond acceptors (Lipinski definition) is 5. The van der Waals surface area contributed by atoms with Crippen molar-refractivity contribution in [3.05, 3.63) is 24.3 Å². The number of rotatable bonds is 5. The standard InChI is InChI=1S/C13H21N3O3S/c1-16(2)20(17,18)13-6-4-3-5-12(13)15-10-11-9-14-7-8-19-11/h3-6,11,14-15H,7-10H2,1-2H3. The van der Waals surface area contributed by atoms with E-state index >= 15 is 0 Å². The Labute approximate surface area is 120 Å². The molecule has 0 spiro atoms. The average molecular weight is 299 g/mol. The second kappa shape index (κ2) is 6.53. The molecule has 7 heteroatoms. The second-order valence-corrected chi connectivity index (χ2v) is 6.98. The molecule has 0 radical (unpaired) electrons. The van der Waals surface area contributed by atoms with Crippen molar-refractivity contribution in [3.8, 4) is 0 Å². The number of nitrogens with one attached hydrogen (secondary N) is 2. The van der Waals surface area contributed by atoms with Crippen molar-refractivity contribution < 1.29 is 13.2 Å². The minimum Gasteiger partial charge on any atom is -0.381 e. The van der Waals surface area contributed by atoms with Crippen LogP contribution in [0.5, 0.6) is 0 Å². The molecule has 1 aliphatic heterocycles. The lowest BCUT2D eigenvalue weighted by Gasteiger charge is -2.25. The van der Waals surface area contributed by atoms with Gasteiger partial charge in [0.1, 0.15) is 4.90 Å². The van der Waals surface area contributed by atoms with Gasteiger partial charge in [0.05, 0.1) is 18.4 Å². The zero-order valence-electron chi connectivity index (χ0n) is 11.8. The first-order valence-electron chi connectivity index (χ1n) is 6.59. The number of nitrogens with zero attached hydrogens (tertiary/aromatic N) is 1. The predicted octanol–water partition coefficient (Wildman–Crippen LogP) is 0.337. The molecule has 0 aliphatic carbocycles. The first kappa shape index (κ1) is 15.2. The Morgan fingerprint density at radius 2 is 2.15 bits per heavy atom. The summed E-state index contributed by atoms with van der Waals surface area (Å²) >= 11 is 0. The van der Waals surface area contributed by atoms with E-state index in [1.165, 1.54) is 18.4 Å². The van der Waals surface area contributed by atoms with Crippen molar-refractivity contribution in [1.82, 2.24) is 9.62 Å². The van der Waals surface area contributed by atoms with Crippen LogP contribution in [-0.4, -0.2) is 59.2 Å². The third-order valence-electron chi connectivity index (χ3n) is 3.17. The third kappa shape index (κ3) is 3.49. The maximum absolute atomic E-state index is 12.2. The van der Waals surface area contributed by atoms with E-state index in [-0.39, 0.29) is 11.0 Å². The number of hydrogen-bond donors (Lipinski definition) is 2. The van der Waals surface area contributed by atoms with Crippen LogP contribution in [-0.2, 0) is 14.8 Å². The van der Waals surface area contributed by atoms with Gasteiger partial charge in [-0.05, 0) is 12.1 Å². The number of sulfonamides is 1. The molecule has 0 aromatic heterocycles. The van der Waals surface area contributed by atoms with Crippen LogP contribution in [0.2, 0.25) is 0 Å². The summed E-state index contributed by atoms with van der Waals surface area (Å²) in [5.74, 6) is 0. The molecule has 6 nitrogen and oxygen atoms in total. The average Bonchev–Trinajstić information content (AvgIpc) is 2.46. The van der Waals surface area contributed by atoms with Crippen LogP contribution < -0.4 is 10.6 Å². The van der Waals surface area contributed by atoms with Crippen LogP contribution in [0.3, 0.4) is 0 Å². The van der Waals surface area contributed by atoms with Crippen LogP contribution >= 0.6 is 0 Å². The summed E-state index contributed by atoms with van der Waals surface area (Å²) in [4.78, 5) is 0.286. The fraction of sp³-hybridized carbons (Fsp3) is 0.538. The SMILES string of the molecule is CN(C)S(=O)(=O)c1ccccc1NCC1CNCCO1. The van der Waals surface area contributed by atoms with Crippen molar-refractivity contribution in [3.63, 3.8) is 0 Å². The lowest BCUT2D eigenvalue weighted by Crippen LogP contribution is -2.42. The number of morpholine rings is 1. The van der Waals surface area contributed by atoms with Gasteiger partial charge in [0.25, 0.3) is 0 Å². The highest BCUT2D eigenvalue weighted by Gasteiger charge is 2.21. The van der Waals surface area contributed by atoms with E-state index in [2.05, 4.69) is 10.6 Å². The van der Waals surface area contributed by atoms with E-state index in [4.69, 9.17) is 4.74 Å². The Hall–Kier alpha value is -1.15. The van der Waals surface area contributed by atoms with Crippen molar-refractivity contribution in [1.29, 1.82) is 0 Å². The molecule has 20 heavy (non-hydrogen) atoms. The third-order valence-corrected chi connectivity index (χ3v) is 5.04. The van der Waals surface area contributed by atoms with E-state index in [0.29, 0.717) is 18.8 Å². The molecule has 0 bridgehead atoms. The zero-order chi connectivity index (χ0) is 14.6. The van der Waals surface area contributed by atoms with Crippen molar-refractivity contribution >= 4 is 15.7 Å². The minimum atomic E-state index is -3.45. The van der Waals surface area contributed by atoms with Crippen LogP contribution in [0.25, 0.3) is 0 Å². The summed E-state index contributed by atoms with van der Waals surface area (Å²) in [5, 5.41) is 6.42. The molecule has 1 fully saturated rings. The molecule has 2 N–H and O–H groups in total. The summed E-state index contributed by atoms with van der Waals surface area (Å²) in [7, 11) is -0.390. The smallest absolute Gasteiger partial charge is 0.244 e. The van der Waals surface area contributed by atoms with Gasteiger partial charge in [-0.15, -0.1) is 0 Å². The molecule has 1 aromatic carbocycles. The van der Waals surface area contributed by atoms with Gasteiger partial charge in [-0.3, -0.25) is 0 Å². The molecular formula is C13H21N3O3S. The molecule has 112 valence electrons. The second-order valence-electron chi connectivity index (χ2n) is 4.86. The van der Waals surface area contributed by atoms with Gasteiger partial charge >= 0.3 is 0 Å². The lowest BCUT2D eigenvalue weighted by molar-refractivity contribution is 0.0372. The highest BCUT2D eigenvalue weighted by molar-refractivity contribution is 7.89. The first-order valence-corrected chi connectivity index (χ1v) is 8.03. The van der Waals surface area contributed by atoms with Crippen LogP contribution in [0, 0.1) is 0 Å². The van der Waals surface area contributed by atoms with Gasteiger partial charge in [0.2, 0.25) is 10.0 Å². The van der Waals surface area contributed by atoms with Gasteiger partial charge < -0.3 is 15.4 Å². The summed E-state index contributed by atoms with van der Waals surface area (Å²) < 4.78 is 31.3. The fourth-order valence-corrected chi connectivity index (χ4v) is 3.07. The maximum atomic E-state index is 12.2. The first-order chi connectivity index (χ1) is 9.51. The topological polar surface area (TPSA) is 70.7 Å². The summed E-state index contributed by atoms with van der Waals surface area (Å²) in [6, 6.07) is 6.92. The van der Waals surface area contributed by atoms with Crippen LogP contribution in [0.1, 0.15) is 0 Å². The molecule has 0 amide bonds. The van der Waals surface area contributed by atoms with Gasteiger partial charge in [-0.2, -0.15) is 0 Å². The van der Waals surface area contributed by atoms with Gasteiger partial charge in [-0.25, -0.2) is 12.7 Å². The van der Waals surface area contributed by atoms with E-state index in [9.17, 15) is 8.42 Å². The molecule has 1 saturated heterocycles. The highest BCUT2D eigenvalue weighted by Crippen LogP contribution is 2.23. The molecule has 1 aliphatic rings. The normalized spacial score (nSPS) is 20.1. The molecule has 1 aromatic rings. The van der Waals surface area contributed by atoms with Gasteiger partial charge in [-0.1, -0.05) is 12.1 Å². The van der Waals surface area contributed by atoms with E-state index < -0.39 is 10.0 Å². The summed E-state index contributed by atoms with van der Waals surface area (Å²) in [5.41, 5.74) is 0.607. The molecule has 0 saturated carbocycles. The monoisotopic (exact) mass is 299 g/mol. The molecular weight excluding hydrogens is 278 g/mol. The van der Waals surface area contributed by atoms with Gasteiger partial charge in [0.15, 0.2) is 0 Å². The van der Waals surface area contributed by atoms with Crippen LogP contribution in [0.15, 0.2) is 29.2 Å². The van der Waals surface area contributed by atoms with E-state index in [1.54, 1.807) is 18.2 Å². The predicted molar refractivity (Wildman–Crippen MR) is 78.4 cm³/mol. The Kier molecular flexibility index (Phi) is 4.98. The minimum absolute atomic E-state index is 0.0545. The largest absolute Gasteiger partial charge is 0.381 e. The molecule has 2 rings (SSSR count). The number of ether oxygens (including phenoxy) is 1. The number of para-hydroxylation sites is 1. The Bertz CT molecular complexity index is 540. The van der Waals surface area contributed by atoms with Gasteiger partial charge in [0, 0.05) is 33.7 Å². The van der Waals surface area contributed by atoms with E-state index in [0.717, 1.165) is 13.1 Å². The Morgan fingerprint density at radius 1 is 1.40 bits per heavy atom. The maximum Gasteiger partial charge on any atom is 0.244 e. The summed E-state index contributed by atoms with van der Waals surface area (Å²) in [6.07, 6.45) is 0.0545. The number of benzene rings is 1. The van der Waals surface area contributed by atoms with Crippen molar-refractivity contribution in [2.45, 2.75) is 11.0 Å². The lowest BCUT2D eigenvalue weighted by atomic mass is 10.2. The zero-order valence-corrected chi connectivity index (χ0v) is 12.6. The quantitative estimate of drug-likeness (QED) is 0.820. The van der Waals surface area contributed by atoms with Crippen molar-refractivity contribution in [2.75, 3.05) is 45.7 Å². The summed E-state index contributed by atoms with van der Waals surface area (Å²) in [6.45, 7) is 2.90. The fourth-order valence-electron chi connectivity index (χ4n) is 2.01. The van der Waals surface area contributed by atoms with Crippen molar-refractivity contribution in [2.24, 2.45) is 0 Å². The van der Waals surface area contributed by atoms with Crippen LogP contribution in [0.4, 0.5) is 5.69 Å². The molecule has 1 heterocycles. The Morgan fingerprint density at radius 3 is 2.80 bits per heavy atom. The Balaban J connectivity index is 2.12. The molecule has 1 atom stereocenters. The van der Waals surface area contributed by atoms with E-state index in [1.807, 2.05) is 6.07 Å². The number of anilines is 1. The highest BCUT2D eigenvalue weighted by atomic mass is 32.2.